The highest BCUT2D eigenvalue weighted by Crippen LogP contribution is 2.35. The van der Waals surface area contributed by atoms with Crippen molar-refractivity contribution in [1.29, 1.82) is 0 Å². The van der Waals surface area contributed by atoms with Crippen LogP contribution < -0.4 is 23.7 Å². The first-order valence-electron chi connectivity index (χ1n) is 37.6. The third kappa shape index (κ3) is 22.0. The first-order chi connectivity index (χ1) is 52.4. The lowest BCUT2D eigenvalue weighted by Gasteiger charge is -2.36. The number of aromatic nitrogens is 1. The van der Waals surface area contributed by atoms with Crippen molar-refractivity contribution < 1.29 is 78.0 Å². The lowest BCUT2D eigenvalue weighted by molar-refractivity contribution is -0.139. The van der Waals surface area contributed by atoms with E-state index >= 15 is 0 Å². The van der Waals surface area contributed by atoms with Crippen LogP contribution in [-0.4, -0.2) is 194 Å². The van der Waals surface area contributed by atoms with Crippen molar-refractivity contribution in [3.05, 3.63) is 194 Å². The molecule has 23 nitrogen and oxygen atoms in total. The van der Waals surface area contributed by atoms with Crippen molar-refractivity contribution in [1.82, 2.24) is 34.4 Å². The standard InChI is InChI=1S/C18H24N2O4.C18H21NO3.C17H18N2O3.C17H25NO3.C15H17NO3S/c1-13(21)17-15(22)7-4-8-16(17)24-12-14-6-5-11-20(14)18(23)19-9-2-3-10-19;1-13-16(20)8-5-9-17(13)22-12-14-6-4-7-15(14)18(21)19-10-2-3-11-19;1-12-14(20)6-2-7-15(12)22-11-13-5-3-8-18-16(13)17(21)19-9-4-10-19;1-12(2)17(20)18-10-5-4-7-14(18)11-21-16-9-6-8-15(19)13(16)3;1-10-12(17)5-4-6-13(10)19-9-11-7-8-20-14(11)15(18)16(2)3/h4,7-8,14,22H,2-3,5-6,9-12H2,1H3;4-6,8-9,20H,2-3,7,10-12H2,1H3;2-3,5-8,20H,4,9-11H2,1H3;6,8-9,12,14,19H,4-5,7,10-11H2,1-3H3;4-8,17H,9H2,1-3H3. The van der Waals surface area contributed by atoms with Crippen molar-refractivity contribution in [2.45, 2.75) is 144 Å². The smallest absolute Gasteiger partial charge is 0.320 e. The zero-order chi connectivity index (χ0) is 78.3. The Labute approximate surface area is 643 Å². The third-order valence-electron chi connectivity index (χ3n) is 20.1. The summed E-state index contributed by atoms with van der Waals surface area (Å²) in [6.45, 7) is 20.8. The molecule has 2 atom stereocenters. The second kappa shape index (κ2) is 39.9. The number of carbonyl (C=O) groups excluding carboxylic acids is 6. The summed E-state index contributed by atoms with van der Waals surface area (Å²) in [5.74, 6) is 3.82. The van der Waals surface area contributed by atoms with Gasteiger partial charge in [0, 0.05) is 118 Å². The molecule has 0 radical (unpaired) electrons. The maximum atomic E-state index is 12.6. The molecule has 2 aromatic heterocycles. The molecule has 0 saturated carbocycles. The van der Waals surface area contributed by atoms with E-state index in [1.807, 2.05) is 89.1 Å². The molecular formula is C85H105N7O16S. The van der Waals surface area contributed by atoms with Crippen LogP contribution in [-0.2, 0) is 22.8 Å². The number of amides is 6. The Morgan fingerprint density at radius 2 is 0.963 bits per heavy atom. The molecule has 7 heterocycles. The minimum atomic E-state index is -0.237. The number of hydrogen-bond donors (Lipinski definition) is 5. The zero-order valence-electron chi connectivity index (χ0n) is 64.2. The number of Topliss-reactive ketones (excluding diaryl/α,β-unsaturated/α-hetero) is 1. The van der Waals surface area contributed by atoms with Gasteiger partial charge in [0.15, 0.2) is 5.78 Å². The second-order valence-corrected chi connectivity index (χ2v) is 29.3. The number of urea groups is 1. The summed E-state index contributed by atoms with van der Waals surface area (Å²) in [4.78, 5) is 89.4. The van der Waals surface area contributed by atoms with Crippen molar-refractivity contribution in [3.63, 3.8) is 0 Å². The van der Waals surface area contributed by atoms with Crippen LogP contribution in [0.15, 0.2) is 144 Å². The second-order valence-electron chi connectivity index (χ2n) is 28.3. The van der Waals surface area contributed by atoms with Gasteiger partial charge >= 0.3 is 6.03 Å². The molecule has 7 aromatic rings. The first-order valence-corrected chi connectivity index (χ1v) is 38.5. The van der Waals surface area contributed by atoms with E-state index in [2.05, 4.69) is 4.98 Å². The Hall–Kier alpha value is -10.8. The molecule has 6 aliphatic rings. The Morgan fingerprint density at radius 1 is 0.505 bits per heavy atom. The maximum absolute atomic E-state index is 12.6. The van der Waals surface area contributed by atoms with Crippen LogP contribution in [0.2, 0.25) is 0 Å². The number of pyridine rings is 1. The molecule has 5 N–H and O–H groups in total. The molecule has 5 aromatic carbocycles. The Balaban J connectivity index is 0.000000157. The summed E-state index contributed by atoms with van der Waals surface area (Å²) in [6, 6.07) is 31.4. The number of phenolic OH excluding ortho intramolecular Hbond substituents is 5. The van der Waals surface area contributed by atoms with E-state index in [0.29, 0.717) is 83.3 Å². The number of benzene rings is 5. The molecule has 5 saturated heterocycles. The molecule has 1 aliphatic carbocycles. The molecule has 5 fully saturated rings. The molecule has 24 heteroatoms. The molecule has 0 spiro atoms. The van der Waals surface area contributed by atoms with Crippen LogP contribution in [0.1, 0.15) is 155 Å². The minimum Gasteiger partial charge on any atom is -0.508 e. The predicted octanol–water partition coefficient (Wildman–Crippen LogP) is 14.3. The van der Waals surface area contributed by atoms with Gasteiger partial charge in [-0.1, -0.05) is 62.4 Å². The quantitative estimate of drug-likeness (QED) is 0.0443. The van der Waals surface area contributed by atoms with Gasteiger partial charge in [0.25, 0.3) is 11.8 Å². The van der Waals surface area contributed by atoms with E-state index in [0.717, 1.165) is 150 Å². The van der Waals surface area contributed by atoms with Crippen molar-refractivity contribution in [3.8, 4) is 57.5 Å². The summed E-state index contributed by atoms with van der Waals surface area (Å²) in [5.41, 5.74) is 6.89. The van der Waals surface area contributed by atoms with Crippen molar-refractivity contribution in [2.75, 3.05) is 86.3 Å². The zero-order valence-corrected chi connectivity index (χ0v) is 65.0. The molecule has 109 heavy (non-hydrogen) atoms. The van der Waals surface area contributed by atoms with Crippen molar-refractivity contribution in [2.24, 2.45) is 5.92 Å². The monoisotopic (exact) mass is 1510 g/mol. The number of ketones is 1. The number of hydrogen-bond acceptors (Lipinski definition) is 18. The van der Waals surface area contributed by atoms with Crippen LogP contribution in [0.3, 0.4) is 0 Å². The number of thiophene rings is 1. The average molecular weight is 1510 g/mol. The highest BCUT2D eigenvalue weighted by atomic mass is 32.1. The topological polar surface area (TPSA) is 282 Å². The lowest BCUT2D eigenvalue weighted by atomic mass is 10.0. The highest BCUT2D eigenvalue weighted by Gasteiger charge is 2.35. The summed E-state index contributed by atoms with van der Waals surface area (Å²) in [7, 11) is 3.46. The number of carbonyl (C=O) groups is 6. The van der Waals surface area contributed by atoms with E-state index in [4.69, 9.17) is 23.7 Å². The lowest BCUT2D eigenvalue weighted by Crippen LogP contribution is -2.48. The number of aromatic hydroxyl groups is 5. The first kappa shape index (κ1) is 82.3. The molecular weight excluding hydrogens is 1410 g/mol. The Bertz CT molecular complexity index is 4350. The SMILES string of the molecule is CC(=O)c1c(O)cccc1OCC1CCCN1C(=O)N1CCCC1.Cc1c(O)cccc1OCC1=C(C(=O)N2CCCC2)CC=C1.Cc1c(O)cccc1OCC1CCCCN1C(=O)C(C)C.Cc1c(O)cccc1OCc1cccnc1C(=O)N1CCC1.Cc1c(O)cccc1OCc1ccsc1C(=O)N(C)C. The number of likely N-dealkylation sites (tertiary alicyclic amines) is 5. The van der Waals surface area contributed by atoms with Gasteiger partial charge in [-0.25, -0.2) is 4.79 Å². The molecule has 582 valence electrons. The van der Waals surface area contributed by atoms with Gasteiger partial charge in [0.05, 0.1) is 17.0 Å². The predicted molar refractivity (Wildman–Crippen MR) is 418 cm³/mol. The summed E-state index contributed by atoms with van der Waals surface area (Å²) in [6.07, 6.45) is 16.7. The maximum Gasteiger partial charge on any atom is 0.320 e. The van der Waals surface area contributed by atoms with Crippen LogP contribution in [0, 0.1) is 33.6 Å². The van der Waals surface area contributed by atoms with Gasteiger partial charge in [0.1, 0.15) is 102 Å². The van der Waals surface area contributed by atoms with Gasteiger partial charge in [-0.3, -0.25) is 29.0 Å². The van der Waals surface area contributed by atoms with Crippen LogP contribution in [0.4, 0.5) is 4.79 Å². The van der Waals surface area contributed by atoms with Gasteiger partial charge in [-0.05, 0) is 189 Å². The number of piperidine rings is 1. The van der Waals surface area contributed by atoms with E-state index in [-0.39, 0.29) is 94.4 Å². The molecule has 0 bridgehead atoms. The summed E-state index contributed by atoms with van der Waals surface area (Å²) < 4.78 is 28.9. The van der Waals surface area contributed by atoms with Gasteiger partial charge in [-0.15, -0.1) is 11.3 Å². The van der Waals surface area contributed by atoms with Crippen molar-refractivity contribution >= 4 is 46.8 Å². The number of phenols is 5. The van der Waals surface area contributed by atoms with Gasteiger partial charge < -0.3 is 78.6 Å². The minimum absolute atomic E-state index is 0.0141. The summed E-state index contributed by atoms with van der Waals surface area (Å²) in [5, 5.41) is 50.5. The molecule has 2 unspecified atom stereocenters. The molecule has 13 rings (SSSR count). The Kier molecular flexibility index (Phi) is 30.1. The normalized spacial score (nSPS) is 16.3. The van der Waals surface area contributed by atoms with Crippen LogP contribution >= 0.6 is 11.3 Å². The van der Waals surface area contributed by atoms with E-state index < -0.39 is 0 Å². The summed E-state index contributed by atoms with van der Waals surface area (Å²) >= 11 is 1.41. The average Bonchev–Trinajstić information content (AvgIpc) is 1.81. The third-order valence-corrected chi connectivity index (χ3v) is 21.0. The van der Waals surface area contributed by atoms with Gasteiger partial charge in [0.2, 0.25) is 11.8 Å². The number of allylic oxidation sites excluding steroid dienone is 1. The van der Waals surface area contributed by atoms with E-state index in [9.17, 15) is 54.3 Å². The fourth-order valence-electron chi connectivity index (χ4n) is 13.3. The fraction of sp³-hybridized carbons (Fsp3) is 0.424. The van der Waals surface area contributed by atoms with E-state index in [1.165, 1.54) is 24.3 Å². The highest BCUT2D eigenvalue weighted by molar-refractivity contribution is 7.12. The van der Waals surface area contributed by atoms with Gasteiger partial charge in [-0.2, -0.15) is 0 Å². The number of rotatable bonds is 20. The van der Waals surface area contributed by atoms with Crippen LogP contribution in [0.25, 0.3) is 0 Å². The fourth-order valence-corrected chi connectivity index (χ4v) is 14.2. The number of ether oxygens (including phenoxy) is 5. The largest absolute Gasteiger partial charge is 0.508 e. The Morgan fingerprint density at radius 3 is 1.50 bits per heavy atom. The number of nitrogens with zero attached hydrogens (tertiary/aromatic N) is 7. The molecule has 6 amide bonds. The molecule has 5 aliphatic heterocycles. The van der Waals surface area contributed by atoms with E-state index in [1.54, 1.807) is 123 Å². The van der Waals surface area contributed by atoms with Crippen LogP contribution in [0.5, 0.6) is 57.5 Å².